The van der Waals surface area contributed by atoms with Gasteiger partial charge in [0.1, 0.15) is 16.5 Å². The van der Waals surface area contributed by atoms with Crippen LogP contribution in [0, 0.1) is 13.8 Å². The molecule has 0 saturated heterocycles. The van der Waals surface area contributed by atoms with Gasteiger partial charge in [0.2, 0.25) is 5.89 Å². The fourth-order valence-electron chi connectivity index (χ4n) is 2.48. The lowest BCUT2D eigenvalue weighted by Crippen LogP contribution is -2.18. The first-order chi connectivity index (χ1) is 11.6. The van der Waals surface area contributed by atoms with Crippen LogP contribution in [0.3, 0.4) is 0 Å². The van der Waals surface area contributed by atoms with Crippen LogP contribution < -0.4 is 10.1 Å². The summed E-state index contributed by atoms with van der Waals surface area (Å²) in [5, 5.41) is 4.47. The van der Waals surface area contributed by atoms with Crippen LogP contribution in [0.1, 0.15) is 35.2 Å². The number of hydrogen-bond donors (Lipinski definition) is 1. The van der Waals surface area contributed by atoms with E-state index in [2.05, 4.69) is 17.2 Å². The molecule has 0 bridgehead atoms. The van der Waals surface area contributed by atoms with Crippen LogP contribution in [0.5, 0.6) is 5.75 Å². The molecule has 5 nitrogen and oxygen atoms in total. The molecule has 0 saturated carbocycles. The molecule has 6 heteroatoms. The molecule has 0 unspecified atom stereocenters. The lowest BCUT2D eigenvalue weighted by molar-refractivity contribution is 0.415. The number of rotatable bonds is 6. The van der Waals surface area contributed by atoms with Crippen molar-refractivity contribution in [2.45, 2.75) is 33.4 Å². The van der Waals surface area contributed by atoms with Gasteiger partial charge in [-0.2, -0.15) is 0 Å². The Kier molecular flexibility index (Phi) is 4.97. The maximum Gasteiger partial charge on any atom is 0.208 e. The van der Waals surface area contributed by atoms with Gasteiger partial charge < -0.3 is 14.5 Å². The molecule has 0 aliphatic carbocycles. The minimum absolute atomic E-state index is 0.182. The van der Waals surface area contributed by atoms with E-state index in [-0.39, 0.29) is 6.04 Å². The molecule has 0 aliphatic rings. The molecule has 24 heavy (non-hydrogen) atoms. The zero-order valence-electron chi connectivity index (χ0n) is 14.3. The van der Waals surface area contributed by atoms with Gasteiger partial charge >= 0.3 is 0 Å². The Morgan fingerprint density at radius 1 is 1.25 bits per heavy atom. The molecular weight excluding hydrogens is 322 g/mol. The van der Waals surface area contributed by atoms with Gasteiger partial charge in [0, 0.05) is 16.5 Å². The Morgan fingerprint density at radius 2 is 2.00 bits per heavy atom. The average molecular weight is 343 g/mol. The minimum atomic E-state index is 0.182. The summed E-state index contributed by atoms with van der Waals surface area (Å²) >= 11 is 1.71. The van der Waals surface area contributed by atoms with Crippen molar-refractivity contribution in [1.29, 1.82) is 0 Å². The average Bonchev–Trinajstić information content (AvgIpc) is 3.18. The minimum Gasteiger partial charge on any atom is -0.497 e. The van der Waals surface area contributed by atoms with Gasteiger partial charge in [-0.05, 0) is 45.0 Å². The molecule has 2 aromatic heterocycles. The second kappa shape index (κ2) is 7.15. The molecule has 126 valence electrons. The highest BCUT2D eigenvalue weighted by atomic mass is 32.1. The van der Waals surface area contributed by atoms with Gasteiger partial charge in [-0.25, -0.2) is 9.97 Å². The molecule has 0 spiro atoms. The summed E-state index contributed by atoms with van der Waals surface area (Å²) < 4.78 is 10.7. The van der Waals surface area contributed by atoms with E-state index < -0.39 is 0 Å². The Labute approximate surface area is 145 Å². The van der Waals surface area contributed by atoms with E-state index in [0.29, 0.717) is 12.4 Å². The number of nitrogens with one attached hydrogen (secondary N) is 1. The largest absolute Gasteiger partial charge is 0.497 e. The third-order valence-electron chi connectivity index (χ3n) is 3.79. The van der Waals surface area contributed by atoms with Crippen molar-refractivity contribution in [1.82, 2.24) is 15.3 Å². The molecular formula is C18H21N3O2S. The van der Waals surface area contributed by atoms with Gasteiger partial charge in [0.15, 0.2) is 0 Å². The van der Waals surface area contributed by atoms with E-state index in [4.69, 9.17) is 14.1 Å². The van der Waals surface area contributed by atoms with E-state index in [1.165, 1.54) is 4.88 Å². The summed E-state index contributed by atoms with van der Waals surface area (Å²) in [6.07, 6.45) is 1.74. The number of oxazole rings is 1. The highest BCUT2D eigenvalue weighted by molar-refractivity contribution is 7.15. The molecule has 1 N–H and O–H groups in total. The van der Waals surface area contributed by atoms with Crippen molar-refractivity contribution in [3.63, 3.8) is 0 Å². The highest BCUT2D eigenvalue weighted by Gasteiger charge is 2.16. The maximum atomic E-state index is 5.50. The summed E-state index contributed by atoms with van der Waals surface area (Å²) in [5.74, 6) is 2.38. The summed E-state index contributed by atoms with van der Waals surface area (Å²) in [4.78, 5) is 10.2. The first-order valence-corrected chi connectivity index (χ1v) is 8.65. The summed E-state index contributed by atoms with van der Waals surface area (Å²) in [6.45, 7) is 6.68. The standard InChI is InChI=1S/C18H21N3O2S/c1-11-9-20-16(23-11)10-19-12(2)17-13(3)21-18(24-17)14-5-7-15(22-4)8-6-14/h5-9,12,19H,10H2,1-4H3/t12-/m0/s1. The number of hydrogen-bond acceptors (Lipinski definition) is 6. The number of ether oxygens (including phenoxy) is 1. The Hall–Kier alpha value is -2.18. The van der Waals surface area contributed by atoms with Crippen molar-refractivity contribution in [2.75, 3.05) is 7.11 Å². The molecule has 1 aromatic carbocycles. The van der Waals surface area contributed by atoms with Gasteiger partial charge in [0.05, 0.1) is 25.5 Å². The smallest absolute Gasteiger partial charge is 0.208 e. The quantitative estimate of drug-likeness (QED) is 0.724. The molecule has 1 atom stereocenters. The first-order valence-electron chi connectivity index (χ1n) is 7.83. The van der Waals surface area contributed by atoms with Crippen LogP contribution in [0.15, 0.2) is 34.9 Å². The molecule has 2 heterocycles. The molecule has 0 radical (unpaired) electrons. The van der Waals surface area contributed by atoms with Gasteiger partial charge in [-0.3, -0.25) is 0 Å². The summed E-state index contributed by atoms with van der Waals surface area (Å²) in [6, 6.07) is 8.17. The number of thiazole rings is 1. The van der Waals surface area contributed by atoms with Crippen molar-refractivity contribution < 1.29 is 9.15 Å². The van der Waals surface area contributed by atoms with Gasteiger partial charge in [-0.1, -0.05) is 0 Å². The Morgan fingerprint density at radius 3 is 2.62 bits per heavy atom. The molecule has 3 rings (SSSR count). The van der Waals surface area contributed by atoms with E-state index in [1.807, 2.05) is 38.1 Å². The Balaban J connectivity index is 1.72. The fourth-order valence-corrected chi connectivity index (χ4v) is 3.58. The normalized spacial score (nSPS) is 12.3. The lowest BCUT2D eigenvalue weighted by Gasteiger charge is -2.10. The number of benzene rings is 1. The number of aromatic nitrogens is 2. The monoisotopic (exact) mass is 343 g/mol. The van der Waals surface area contributed by atoms with Crippen molar-refractivity contribution in [3.8, 4) is 16.3 Å². The number of aryl methyl sites for hydroxylation is 2. The molecule has 3 aromatic rings. The van der Waals surface area contributed by atoms with E-state index >= 15 is 0 Å². The predicted molar refractivity (Wildman–Crippen MR) is 95.3 cm³/mol. The van der Waals surface area contributed by atoms with Crippen LogP contribution in [0.2, 0.25) is 0 Å². The zero-order chi connectivity index (χ0) is 17.1. The van der Waals surface area contributed by atoms with Crippen LogP contribution >= 0.6 is 11.3 Å². The second-order valence-corrected chi connectivity index (χ2v) is 6.70. The third-order valence-corrected chi connectivity index (χ3v) is 5.18. The predicted octanol–water partition coefficient (Wildman–Crippen LogP) is 4.27. The van der Waals surface area contributed by atoms with Crippen molar-refractivity contribution in [2.24, 2.45) is 0 Å². The first kappa shape index (κ1) is 16.7. The van der Waals surface area contributed by atoms with Crippen LogP contribution in [0.4, 0.5) is 0 Å². The topological polar surface area (TPSA) is 60.2 Å². The Bertz CT molecular complexity index is 808. The van der Waals surface area contributed by atoms with Crippen LogP contribution in [0.25, 0.3) is 10.6 Å². The van der Waals surface area contributed by atoms with Crippen molar-refractivity contribution in [3.05, 3.63) is 52.7 Å². The van der Waals surface area contributed by atoms with E-state index in [9.17, 15) is 0 Å². The third kappa shape index (κ3) is 3.66. The fraction of sp³-hybridized carbons (Fsp3) is 0.333. The highest BCUT2D eigenvalue weighted by Crippen LogP contribution is 2.32. The van der Waals surface area contributed by atoms with Crippen LogP contribution in [-0.4, -0.2) is 17.1 Å². The number of nitrogens with zero attached hydrogens (tertiary/aromatic N) is 2. The van der Waals surface area contributed by atoms with Gasteiger partial charge in [0.25, 0.3) is 0 Å². The van der Waals surface area contributed by atoms with Crippen LogP contribution in [-0.2, 0) is 6.54 Å². The van der Waals surface area contributed by atoms with Gasteiger partial charge in [-0.15, -0.1) is 11.3 Å². The molecule has 0 amide bonds. The molecule has 0 aliphatic heterocycles. The summed E-state index contributed by atoms with van der Waals surface area (Å²) in [5.41, 5.74) is 2.15. The zero-order valence-corrected chi connectivity index (χ0v) is 15.1. The van der Waals surface area contributed by atoms with E-state index in [1.54, 1.807) is 24.6 Å². The number of methoxy groups -OCH3 is 1. The summed E-state index contributed by atoms with van der Waals surface area (Å²) in [7, 11) is 1.67. The van der Waals surface area contributed by atoms with E-state index in [0.717, 1.165) is 27.8 Å². The second-order valence-electron chi connectivity index (χ2n) is 5.66. The molecule has 0 fully saturated rings. The maximum absolute atomic E-state index is 5.50. The SMILES string of the molecule is COc1ccc(-c2nc(C)c([C@H](C)NCc3ncc(C)o3)s2)cc1. The lowest BCUT2D eigenvalue weighted by atomic mass is 10.2. The van der Waals surface area contributed by atoms with Crippen molar-refractivity contribution >= 4 is 11.3 Å².